The summed E-state index contributed by atoms with van der Waals surface area (Å²) in [4.78, 5) is 28.0. The second kappa shape index (κ2) is 6.31. The van der Waals surface area contributed by atoms with Crippen molar-refractivity contribution in [1.82, 2.24) is 14.8 Å². The Morgan fingerprint density at radius 1 is 1.21 bits per heavy atom. The highest BCUT2D eigenvalue weighted by Crippen LogP contribution is 2.27. The zero-order valence-corrected chi connectivity index (χ0v) is 15.0. The lowest BCUT2D eigenvalue weighted by Gasteiger charge is -2.05. The standard InChI is InChI=1S/C19H15N5O4/c1-10-7-12(4-6-16(10)24(26)27)19(25)23-18-14(17(20)22-23)8-11-3-5-13(28-2)9-15(11)21-18/h3-9H,1-2H3,(H2,20,22). The first-order chi connectivity index (χ1) is 13.4. The van der Waals surface area contributed by atoms with E-state index in [1.54, 1.807) is 26.2 Å². The van der Waals surface area contributed by atoms with Crippen molar-refractivity contribution in [2.24, 2.45) is 0 Å². The number of aryl methyl sites for hydroxylation is 1. The molecule has 0 saturated heterocycles. The molecule has 0 aliphatic carbocycles. The number of fused-ring (bicyclic) bond motifs is 2. The van der Waals surface area contributed by atoms with E-state index in [2.05, 4.69) is 10.1 Å². The zero-order valence-electron chi connectivity index (χ0n) is 15.0. The second-order valence-corrected chi connectivity index (χ2v) is 6.28. The van der Waals surface area contributed by atoms with Gasteiger partial charge in [0.1, 0.15) is 5.75 Å². The first-order valence-corrected chi connectivity index (χ1v) is 8.32. The molecule has 0 atom stereocenters. The highest BCUT2D eigenvalue weighted by Gasteiger charge is 2.20. The van der Waals surface area contributed by atoms with Crippen molar-refractivity contribution >= 4 is 39.3 Å². The number of nitro benzene ring substituents is 1. The van der Waals surface area contributed by atoms with Gasteiger partial charge in [-0.05, 0) is 37.3 Å². The number of hydrogen-bond acceptors (Lipinski definition) is 7. The van der Waals surface area contributed by atoms with Gasteiger partial charge in [-0.1, -0.05) is 0 Å². The average Bonchev–Trinajstić information content (AvgIpc) is 3.00. The van der Waals surface area contributed by atoms with E-state index < -0.39 is 10.8 Å². The van der Waals surface area contributed by atoms with E-state index in [1.165, 1.54) is 18.2 Å². The largest absolute Gasteiger partial charge is 0.497 e. The number of carbonyl (C=O) groups excluding carboxylic acids is 1. The third kappa shape index (κ3) is 2.69. The van der Waals surface area contributed by atoms with E-state index in [4.69, 9.17) is 10.5 Å². The minimum atomic E-state index is -0.494. The molecule has 9 nitrogen and oxygen atoms in total. The lowest BCUT2D eigenvalue weighted by Crippen LogP contribution is -2.15. The van der Waals surface area contributed by atoms with Crippen molar-refractivity contribution in [3.8, 4) is 5.75 Å². The van der Waals surface area contributed by atoms with Crippen molar-refractivity contribution in [3.05, 3.63) is 63.7 Å². The monoisotopic (exact) mass is 377 g/mol. The fraction of sp³-hybridized carbons (Fsp3) is 0.105. The van der Waals surface area contributed by atoms with Crippen LogP contribution in [0.5, 0.6) is 5.75 Å². The lowest BCUT2D eigenvalue weighted by molar-refractivity contribution is -0.385. The van der Waals surface area contributed by atoms with E-state index in [0.717, 1.165) is 10.1 Å². The van der Waals surface area contributed by atoms with Crippen LogP contribution in [0.2, 0.25) is 0 Å². The molecule has 0 amide bonds. The van der Waals surface area contributed by atoms with Gasteiger partial charge in [0, 0.05) is 28.6 Å². The van der Waals surface area contributed by atoms with Crippen LogP contribution in [0.1, 0.15) is 15.9 Å². The molecule has 0 fully saturated rings. The van der Waals surface area contributed by atoms with Crippen molar-refractivity contribution in [1.29, 1.82) is 0 Å². The van der Waals surface area contributed by atoms with Crippen molar-refractivity contribution in [2.75, 3.05) is 12.8 Å². The smallest absolute Gasteiger partial charge is 0.280 e. The van der Waals surface area contributed by atoms with Gasteiger partial charge in [0.05, 0.1) is 22.9 Å². The minimum absolute atomic E-state index is 0.0578. The molecular formula is C19H15N5O4. The van der Waals surface area contributed by atoms with E-state index in [9.17, 15) is 14.9 Å². The number of benzene rings is 2. The first-order valence-electron chi connectivity index (χ1n) is 8.32. The van der Waals surface area contributed by atoms with Crippen molar-refractivity contribution in [2.45, 2.75) is 6.92 Å². The third-order valence-electron chi connectivity index (χ3n) is 4.52. The Hall–Kier alpha value is -4.01. The number of aromatic nitrogens is 3. The maximum absolute atomic E-state index is 13.0. The molecule has 0 saturated carbocycles. The molecule has 4 aromatic rings. The van der Waals surface area contributed by atoms with Crippen LogP contribution in [0.3, 0.4) is 0 Å². The summed E-state index contributed by atoms with van der Waals surface area (Å²) >= 11 is 0. The highest BCUT2D eigenvalue weighted by molar-refractivity contribution is 6.05. The quantitative estimate of drug-likeness (QED) is 0.429. The molecule has 4 rings (SSSR count). The molecule has 0 aliphatic rings. The molecule has 0 radical (unpaired) electrons. The Labute approximate surface area is 158 Å². The Balaban J connectivity index is 1.88. The van der Waals surface area contributed by atoms with Crippen LogP contribution >= 0.6 is 0 Å². The van der Waals surface area contributed by atoms with Gasteiger partial charge in [0.2, 0.25) is 0 Å². The number of nitrogen functional groups attached to an aromatic ring is 1. The Kier molecular flexibility index (Phi) is 3.92. The Morgan fingerprint density at radius 3 is 2.68 bits per heavy atom. The van der Waals surface area contributed by atoms with Gasteiger partial charge in [-0.3, -0.25) is 14.9 Å². The fourth-order valence-corrected chi connectivity index (χ4v) is 3.08. The number of rotatable bonds is 3. The van der Waals surface area contributed by atoms with Crippen LogP contribution in [0.15, 0.2) is 42.5 Å². The van der Waals surface area contributed by atoms with Crippen LogP contribution in [-0.2, 0) is 0 Å². The molecule has 0 spiro atoms. The highest BCUT2D eigenvalue weighted by atomic mass is 16.6. The molecule has 140 valence electrons. The van der Waals surface area contributed by atoms with Crippen molar-refractivity contribution in [3.63, 3.8) is 0 Å². The molecule has 2 aromatic carbocycles. The number of methoxy groups -OCH3 is 1. The zero-order chi connectivity index (χ0) is 20.0. The SMILES string of the molecule is COc1ccc2cc3c(N)nn(C(=O)c4ccc([N+](=O)[O-])c(C)c4)c3nc2c1. The van der Waals surface area contributed by atoms with Gasteiger partial charge in [0.15, 0.2) is 11.5 Å². The fourth-order valence-electron chi connectivity index (χ4n) is 3.08. The summed E-state index contributed by atoms with van der Waals surface area (Å²) in [5.74, 6) is 0.331. The summed E-state index contributed by atoms with van der Waals surface area (Å²) in [5.41, 5.74) is 7.50. The van der Waals surface area contributed by atoms with Gasteiger partial charge < -0.3 is 10.5 Å². The van der Waals surface area contributed by atoms with Gasteiger partial charge >= 0.3 is 0 Å². The van der Waals surface area contributed by atoms with E-state index >= 15 is 0 Å². The van der Waals surface area contributed by atoms with Crippen LogP contribution in [0.4, 0.5) is 11.5 Å². The van der Waals surface area contributed by atoms with Crippen molar-refractivity contribution < 1.29 is 14.5 Å². The van der Waals surface area contributed by atoms with E-state index in [-0.39, 0.29) is 17.1 Å². The van der Waals surface area contributed by atoms with Gasteiger partial charge in [-0.15, -0.1) is 5.10 Å². The number of hydrogen-bond donors (Lipinski definition) is 1. The number of nitro groups is 1. The summed E-state index contributed by atoms with van der Waals surface area (Å²) in [6.45, 7) is 1.57. The molecular weight excluding hydrogens is 362 g/mol. The Bertz CT molecular complexity index is 1280. The summed E-state index contributed by atoms with van der Waals surface area (Å²) in [7, 11) is 1.56. The van der Waals surface area contributed by atoms with Crippen LogP contribution in [-0.4, -0.2) is 32.7 Å². The summed E-state index contributed by atoms with van der Waals surface area (Å²) < 4.78 is 6.34. The second-order valence-electron chi connectivity index (χ2n) is 6.28. The van der Waals surface area contributed by atoms with Crippen LogP contribution in [0.25, 0.3) is 21.9 Å². The molecule has 0 aliphatic heterocycles. The third-order valence-corrected chi connectivity index (χ3v) is 4.52. The normalized spacial score (nSPS) is 11.1. The van der Waals surface area contributed by atoms with E-state index in [0.29, 0.717) is 27.9 Å². The first kappa shape index (κ1) is 17.4. The van der Waals surface area contributed by atoms with Gasteiger partial charge in [-0.2, -0.15) is 4.68 Å². The number of pyridine rings is 1. The summed E-state index contributed by atoms with van der Waals surface area (Å²) in [6.07, 6.45) is 0. The number of anilines is 1. The summed E-state index contributed by atoms with van der Waals surface area (Å²) in [5, 5.41) is 16.5. The topological polar surface area (TPSA) is 126 Å². The molecule has 9 heteroatoms. The number of nitrogens with two attached hydrogens (primary N) is 1. The molecule has 0 bridgehead atoms. The predicted molar refractivity (Wildman–Crippen MR) is 104 cm³/mol. The van der Waals surface area contributed by atoms with E-state index in [1.807, 2.05) is 12.1 Å². The molecule has 2 aromatic heterocycles. The molecule has 2 heterocycles. The molecule has 28 heavy (non-hydrogen) atoms. The lowest BCUT2D eigenvalue weighted by atomic mass is 10.1. The number of ether oxygens (including phenoxy) is 1. The minimum Gasteiger partial charge on any atom is -0.497 e. The maximum atomic E-state index is 13.0. The van der Waals surface area contributed by atoms with Crippen LogP contribution < -0.4 is 10.5 Å². The maximum Gasteiger partial charge on any atom is 0.280 e. The average molecular weight is 377 g/mol. The van der Waals surface area contributed by atoms with Crippen LogP contribution in [0, 0.1) is 17.0 Å². The van der Waals surface area contributed by atoms with Gasteiger partial charge in [0.25, 0.3) is 11.6 Å². The van der Waals surface area contributed by atoms with Gasteiger partial charge in [-0.25, -0.2) is 4.98 Å². The molecule has 0 unspecified atom stereocenters. The number of carbonyl (C=O) groups is 1. The Morgan fingerprint density at radius 2 is 2.00 bits per heavy atom. The molecule has 2 N–H and O–H groups in total. The number of nitrogens with zero attached hydrogens (tertiary/aromatic N) is 4. The predicted octanol–water partition coefficient (Wildman–Crippen LogP) is 3.08. The summed E-state index contributed by atoms with van der Waals surface area (Å²) in [6, 6.07) is 11.4.